The van der Waals surface area contributed by atoms with Crippen LogP contribution < -0.4 is 0 Å². The minimum Gasteiger partial charge on any atom is -0.456 e. The Morgan fingerprint density at radius 1 is 1.12 bits per heavy atom. The smallest absolute Gasteiger partial charge is 0.333 e. The third-order valence-corrected chi connectivity index (χ3v) is 7.14. The Labute approximate surface area is 189 Å². The Balaban J connectivity index is 1.12. The third-order valence-electron chi connectivity index (χ3n) is 7.14. The summed E-state index contributed by atoms with van der Waals surface area (Å²) in [6.07, 6.45) is 7.13. The van der Waals surface area contributed by atoms with Gasteiger partial charge in [-0.25, -0.2) is 4.79 Å². The van der Waals surface area contributed by atoms with Gasteiger partial charge in [-0.2, -0.15) is 9.78 Å². The van der Waals surface area contributed by atoms with Crippen LogP contribution in [0.2, 0.25) is 0 Å². The number of hydrogen-bond donors (Lipinski definition) is 0. The fourth-order valence-corrected chi connectivity index (χ4v) is 5.61. The van der Waals surface area contributed by atoms with Crippen LogP contribution in [-0.4, -0.2) is 96.1 Å². The number of piperidine rings is 1. The maximum absolute atomic E-state index is 13.5. The van der Waals surface area contributed by atoms with Gasteiger partial charge in [0.25, 0.3) is 5.91 Å². The van der Waals surface area contributed by atoms with E-state index in [4.69, 9.17) is 9.47 Å². The maximum atomic E-state index is 13.5. The summed E-state index contributed by atoms with van der Waals surface area (Å²) in [5, 5.41) is 19.6. The van der Waals surface area contributed by atoms with Crippen LogP contribution in [0.4, 0.5) is 0 Å². The van der Waals surface area contributed by atoms with Crippen LogP contribution in [0.5, 0.6) is 0 Å². The van der Waals surface area contributed by atoms with Gasteiger partial charge in [0.1, 0.15) is 18.5 Å². The molecule has 0 radical (unpaired) electrons. The lowest BCUT2D eigenvalue weighted by molar-refractivity contribution is -0.181. The van der Waals surface area contributed by atoms with Crippen molar-refractivity contribution in [1.29, 1.82) is 0 Å². The molecule has 3 atom stereocenters. The van der Waals surface area contributed by atoms with Crippen molar-refractivity contribution in [1.82, 2.24) is 40.2 Å². The average Bonchev–Trinajstić information content (AvgIpc) is 3.56. The van der Waals surface area contributed by atoms with E-state index in [9.17, 15) is 9.59 Å². The molecule has 0 aliphatic carbocycles. The van der Waals surface area contributed by atoms with Crippen LogP contribution >= 0.6 is 0 Å². The van der Waals surface area contributed by atoms with E-state index in [0.717, 1.165) is 31.5 Å². The van der Waals surface area contributed by atoms with Gasteiger partial charge in [0.2, 0.25) is 0 Å². The van der Waals surface area contributed by atoms with Crippen molar-refractivity contribution in [2.45, 2.75) is 49.8 Å². The van der Waals surface area contributed by atoms with E-state index in [2.05, 4.69) is 30.6 Å². The quantitative estimate of drug-likeness (QED) is 0.556. The van der Waals surface area contributed by atoms with E-state index >= 15 is 0 Å². The minimum atomic E-state index is -0.805. The molecule has 6 rings (SSSR count). The molecule has 2 bridgehead atoms. The Kier molecular flexibility index (Phi) is 4.91. The van der Waals surface area contributed by atoms with Gasteiger partial charge in [-0.05, 0) is 35.4 Å². The van der Waals surface area contributed by atoms with Crippen LogP contribution in [0.25, 0.3) is 5.82 Å². The van der Waals surface area contributed by atoms with Crippen LogP contribution in [0, 0.1) is 0 Å². The lowest BCUT2D eigenvalue weighted by atomic mass is 9.83. The number of cyclic esters (lactones) is 1. The SMILES string of the molecule is O=C1C=C(N2CCOC3(C[C@H]4CC[C@@H](C3)N4CCc3ccc(-n4cnnn4)nn3)C2=O)CO1. The van der Waals surface area contributed by atoms with Crippen molar-refractivity contribution in [3.8, 4) is 5.82 Å². The molecule has 3 saturated heterocycles. The first kappa shape index (κ1) is 20.4. The predicted molar refractivity (Wildman–Crippen MR) is 111 cm³/mol. The summed E-state index contributed by atoms with van der Waals surface area (Å²) >= 11 is 0. The number of tetrazole rings is 1. The molecule has 2 aromatic rings. The number of esters is 1. The van der Waals surface area contributed by atoms with Crippen LogP contribution in [0.15, 0.2) is 30.2 Å². The molecule has 4 aliphatic heterocycles. The number of morpholine rings is 1. The number of fused-ring (bicyclic) bond motifs is 2. The molecular weight excluding hydrogens is 428 g/mol. The molecule has 0 saturated carbocycles. The van der Waals surface area contributed by atoms with E-state index in [1.807, 2.05) is 12.1 Å². The van der Waals surface area contributed by atoms with E-state index in [-0.39, 0.29) is 30.6 Å². The van der Waals surface area contributed by atoms with Gasteiger partial charge < -0.3 is 14.4 Å². The molecule has 1 amide bonds. The zero-order valence-corrected chi connectivity index (χ0v) is 18.0. The van der Waals surface area contributed by atoms with Gasteiger partial charge in [0.05, 0.1) is 18.0 Å². The molecule has 12 heteroatoms. The molecule has 172 valence electrons. The molecular formula is C21H24N8O4. The zero-order valence-electron chi connectivity index (χ0n) is 18.0. The highest BCUT2D eigenvalue weighted by atomic mass is 16.5. The van der Waals surface area contributed by atoms with Crippen LogP contribution in [0.3, 0.4) is 0 Å². The highest BCUT2D eigenvalue weighted by Crippen LogP contribution is 2.45. The van der Waals surface area contributed by atoms with Crippen LogP contribution in [0.1, 0.15) is 31.4 Å². The number of hydrogen-bond acceptors (Lipinski definition) is 10. The minimum absolute atomic E-state index is 0.0288. The van der Waals surface area contributed by atoms with Gasteiger partial charge in [0, 0.05) is 50.5 Å². The van der Waals surface area contributed by atoms with E-state index in [1.54, 1.807) is 4.90 Å². The summed E-state index contributed by atoms with van der Waals surface area (Å²) in [5.74, 6) is 0.159. The molecule has 1 spiro atoms. The van der Waals surface area contributed by atoms with E-state index < -0.39 is 5.60 Å². The van der Waals surface area contributed by atoms with Crippen molar-refractivity contribution in [3.05, 3.63) is 35.9 Å². The van der Waals surface area contributed by atoms with Gasteiger partial charge in [-0.1, -0.05) is 0 Å². The summed E-state index contributed by atoms with van der Waals surface area (Å²) in [4.78, 5) is 29.2. The normalized spacial score (nSPS) is 29.6. The summed E-state index contributed by atoms with van der Waals surface area (Å²) in [5.41, 5.74) is 0.743. The average molecular weight is 452 g/mol. The van der Waals surface area contributed by atoms with Crippen molar-refractivity contribution in [2.24, 2.45) is 0 Å². The Bertz CT molecular complexity index is 1070. The molecule has 12 nitrogen and oxygen atoms in total. The largest absolute Gasteiger partial charge is 0.456 e. The van der Waals surface area contributed by atoms with Crippen LogP contribution in [-0.2, 0) is 25.5 Å². The first-order chi connectivity index (χ1) is 16.1. The third kappa shape index (κ3) is 3.59. The van der Waals surface area contributed by atoms with Gasteiger partial charge in [-0.15, -0.1) is 10.2 Å². The number of carbonyl (C=O) groups excluding carboxylic acids is 2. The highest BCUT2D eigenvalue weighted by Gasteiger charge is 2.56. The number of nitrogens with zero attached hydrogens (tertiary/aromatic N) is 8. The first-order valence-corrected chi connectivity index (χ1v) is 11.3. The summed E-state index contributed by atoms with van der Waals surface area (Å²) < 4.78 is 12.7. The van der Waals surface area contributed by atoms with Gasteiger partial charge >= 0.3 is 5.97 Å². The maximum Gasteiger partial charge on any atom is 0.333 e. The summed E-state index contributed by atoms with van der Waals surface area (Å²) in [7, 11) is 0. The molecule has 0 N–H and O–H groups in total. The number of amides is 1. The molecule has 6 heterocycles. The fourth-order valence-electron chi connectivity index (χ4n) is 5.61. The molecule has 2 aromatic heterocycles. The fraction of sp³-hybridized carbons (Fsp3) is 0.571. The van der Waals surface area contributed by atoms with Gasteiger partial charge in [-0.3, -0.25) is 9.69 Å². The predicted octanol–water partition coefficient (Wildman–Crippen LogP) is -0.340. The monoisotopic (exact) mass is 452 g/mol. The Morgan fingerprint density at radius 3 is 2.64 bits per heavy atom. The molecule has 3 fully saturated rings. The zero-order chi connectivity index (χ0) is 22.4. The standard InChI is InChI=1S/C21H24N8O4/c30-19-9-17(12-32-19)28-7-8-33-21(20(28)31)10-15-2-3-16(11-21)27(15)6-5-14-1-4-18(24-23-14)29-13-22-25-26-29/h1,4,9,13,15-16H,2-3,5-8,10-12H2/t15-,16+,21?. The summed E-state index contributed by atoms with van der Waals surface area (Å²) in [6, 6.07) is 4.38. The van der Waals surface area contributed by atoms with Gasteiger partial charge in [0.15, 0.2) is 5.82 Å². The number of aromatic nitrogens is 6. The second-order valence-electron chi connectivity index (χ2n) is 8.96. The summed E-state index contributed by atoms with van der Waals surface area (Å²) in [6.45, 7) is 1.95. The van der Waals surface area contributed by atoms with Crippen molar-refractivity contribution in [3.63, 3.8) is 0 Å². The second kappa shape index (κ2) is 7.96. The van der Waals surface area contributed by atoms with Crippen molar-refractivity contribution >= 4 is 11.9 Å². The number of carbonyl (C=O) groups is 2. The Morgan fingerprint density at radius 2 is 1.97 bits per heavy atom. The Hall–Kier alpha value is -3.25. The van der Waals surface area contributed by atoms with E-state index in [1.165, 1.54) is 17.1 Å². The lowest BCUT2D eigenvalue weighted by Crippen LogP contribution is -2.63. The molecule has 4 aliphatic rings. The van der Waals surface area contributed by atoms with E-state index in [0.29, 0.717) is 37.5 Å². The second-order valence-corrected chi connectivity index (χ2v) is 8.96. The highest BCUT2D eigenvalue weighted by molar-refractivity contribution is 5.91. The molecule has 0 aromatic carbocycles. The number of rotatable bonds is 5. The first-order valence-electron chi connectivity index (χ1n) is 11.3. The molecule has 33 heavy (non-hydrogen) atoms. The molecule has 1 unspecified atom stereocenters. The van der Waals surface area contributed by atoms with Crippen molar-refractivity contribution < 1.29 is 19.1 Å². The van der Waals surface area contributed by atoms with Crippen molar-refractivity contribution in [2.75, 3.05) is 26.3 Å². The lowest BCUT2D eigenvalue weighted by Gasteiger charge is -2.49. The number of ether oxygens (including phenoxy) is 2. The topological polar surface area (TPSA) is 128 Å².